The quantitative estimate of drug-likeness (QED) is 0.195. The van der Waals surface area contributed by atoms with E-state index in [1.165, 1.54) is 31.0 Å². The summed E-state index contributed by atoms with van der Waals surface area (Å²) in [5.74, 6) is -1.81. The average Bonchev–Trinajstić information content (AvgIpc) is 2.93. The summed E-state index contributed by atoms with van der Waals surface area (Å²) in [6, 6.07) is 16.3. The highest BCUT2D eigenvalue weighted by Gasteiger charge is 2.13. The lowest BCUT2D eigenvalue weighted by Crippen LogP contribution is -2.37. The molecular formula is C28H28ClFN4O5. The smallest absolute Gasteiger partial charge is 0.329 e. The molecule has 0 bridgehead atoms. The third-order valence-electron chi connectivity index (χ3n) is 5.44. The van der Waals surface area contributed by atoms with Crippen molar-refractivity contribution in [2.45, 2.75) is 26.3 Å². The number of rotatable bonds is 10. The van der Waals surface area contributed by atoms with Crippen LogP contribution >= 0.6 is 11.6 Å². The zero-order valence-corrected chi connectivity index (χ0v) is 22.3. The van der Waals surface area contributed by atoms with Gasteiger partial charge in [0.1, 0.15) is 5.82 Å². The highest BCUT2D eigenvalue weighted by Crippen LogP contribution is 2.27. The van der Waals surface area contributed by atoms with Gasteiger partial charge in [0.2, 0.25) is 0 Å². The molecule has 0 aliphatic carbocycles. The molecule has 204 valence electrons. The Morgan fingerprint density at radius 1 is 1.00 bits per heavy atom. The van der Waals surface area contributed by atoms with E-state index in [0.717, 1.165) is 11.6 Å². The SMILES string of the molecule is COc1cc(/C=N\NC(=O)C(=O)NCc2ccc(C(C)C)cc2)ccc1OCC(=O)Nc1ccc(F)c(Cl)c1. The maximum absolute atomic E-state index is 13.3. The summed E-state index contributed by atoms with van der Waals surface area (Å²) in [4.78, 5) is 36.3. The van der Waals surface area contributed by atoms with E-state index in [1.54, 1.807) is 18.2 Å². The normalized spacial score (nSPS) is 10.8. The number of carbonyl (C=O) groups is 3. The molecule has 0 heterocycles. The molecule has 0 aliphatic heterocycles. The van der Waals surface area contributed by atoms with Gasteiger partial charge >= 0.3 is 11.8 Å². The fraction of sp³-hybridized carbons (Fsp3) is 0.214. The van der Waals surface area contributed by atoms with Crippen LogP contribution in [-0.2, 0) is 20.9 Å². The maximum atomic E-state index is 13.3. The second-order valence-corrected chi connectivity index (χ2v) is 9.06. The first-order valence-electron chi connectivity index (χ1n) is 11.9. The second-order valence-electron chi connectivity index (χ2n) is 8.65. The molecule has 0 spiro atoms. The van der Waals surface area contributed by atoms with E-state index >= 15 is 0 Å². The van der Waals surface area contributed by atoms with E-state index in [1.807, 2.05) is 24.3 Å². The predicted molar refractivity (Wildman–Crippen MR) is 147 cm³/mol. The van der Waals surface area contributed by atoms with Crippen molar-refractivity contribution in [2.24, 2.45) is 5.10 Å². The number of nitrogens with one attached hydrogen (secondary N) is 3. The van der Waals surface area contributed by atoms with Gasteiger partial charge in [-0.1, -0.05) is 49.7 Å². The summed E-state index contributed by atoms with van der Waals surface area (Å²) in [7, 11) is 1.42. The summed E-state index contributed by atoms with van der Waals surface area (Å²) in [6.07, 6.45) is 1.33. The van der Waals surface area contributed by atoms with Crippen LogP contribution in [0.25, 0.3) is 0 Å². The number of hydrogen-bond donors (Lipinski definition) is 3. The summed E-state index contributed by atoms with van der Waals surface area (Å²) >= 11 is 5.72. The van der Waals surface area contributed by atoms with Crippen LogP contribution in [0, 0.1) is 5.82 Å². The summed E-state index contributed by atoms with van der Waals surface area (Å²) in [5.41, 5.74) is 5.09. The third-order valence-corrected chi connectivity index (χ3v) is 5.72. The Morgan fingerprint density at radius 3 is 2.41 bits per heavy atom. The van der Waals surface area contributed by atoms with E-state index in [0.29, 0.717) is 22.9 Å². The summed E-state index contributed by atoms with van der Waals surface area (Å²) < 4.78 is 24.1. The molecule has 0 unspecified atom stereocenters. The summed E-state index contributed by atoms with van der Waals surface area (Å²) in [5, 5.41) is 8.79. The van der Waals surface area contributed by atoms with Crippen LogP contribution in [-0.4, -0.2) is 37.7 Å². The molecule has 0 atom stereocenters. The van der Waals surface area contributed by atoms with E-state index in [9.17, 15) is 18.8 Å². The molecule has 3 rings (SSSR count). The Morgan fingerprint density at radius 2 is 1.74 bits per heavy atom. The van der Waals surface area contributed by atoms with Gasteiger partial charge in [-0.15, -0.1) is 0 Å². The first kappa shape index (κ1) is 29.1. The van der Waals surface area contributed by atoms with Gasteiger partial charge in [-0.05, 0) is 59.0 Å². The maximum Gasteiger partial charge on any atom is 0.329 e. The van der Waals surface area contributed by atoms with Gasteiger partial charge in [0.25, 0.3) is 5.91 Å². The Balaban J connectivity index is 1.48. The molecule has 39 heavy (non-hydrogen) atoms. The second kappa shape index (κ2) is 13.9. The number of carbonyl (C=O) groups excluding carboxylic acids is 3. The van der Waals surface area contributed by atoms with Crippen LogP contribution in [0.3, 0.4) is 0 Å². The minimum absolute atomic E-state index is 0.114. The van der Waals surface area contributed by atoms with Crippen molar-refractivity contribution in [1.82, 2.24) is 10.7 Å². The number of nitrogens with zero attached hydrogens (tertiary/aromatic N) is 1. The minimum Gasteiger partial charge on any atom is -0.493 e. The molecular weight excluding hydrogens is 527 g/mol. The van der Waals surface area contributed by atoms with E-state index in [-0.39, 0.29) is 23.9 Å². The Labute approximate surface area is 230 Å². The van der Waals surface area contributed by atoms with Crippen LogP contribution in [0.1, 0.15) is 36.5 Å². The van der Waals surface area contributed by atoms with Crippen LogP contribution in [0.2, 0.25) is 5.02 Å². The standard InChI is InChI=1S/C28H28ClFN4O5/c1-17(2)20-7-4-18(5-8-20)14-31-27(36)28(37)34-32-15-19-6-11-24(25(12-19)38-3)39-16-26(35)33-21-9-10-23(30)22(29)13-21/h4-13,15,17H,14,16H2,1-3H3,(H,31,36)(H,33,35)(H,34,37)/b32-15-. The lowest BCUT2D eigenvalue weighted by molar-refractivity contribution is -0.139. The molecule has 0 aliphatic rings. The van der Waals surface area contributed by atoms with E-state index in [2.05, 4.69) is 35.0 Å². The molecule has 0 saturated carbocycles. The number of hydrogen-bond acceptors (Lipinski definition) is 6. The fourth-order valence-corrected chi connectivity index (χ4v) is 3.48. The molecule has 3 aromatic carbocycles. The number of amides is 3. The van der Waals surface area contributed by atoms with Gasteiger partial charge in [-0.2, -0.15) is 5.10 Å². The van der Waals surface area contributed by atoms with Crippen molar-refractivity contribution in [3.63, 3.8) is 0 Å². The third kappa shape index (κ3) is 8.82. The molecule has 3 amide bonds. The van der Waals surface area contributed by atoms with E-state index in [4.69, 9.17) is 21.1 Å². The molecule has 0 aromatic heterocycles. The lowest BCUT2D eigenvalue weighted by Gasteiger charge is -2.11. The first-order valence-corrected chi connectivity index (χ1v) is 12.3. The zero-order chi connectivity index (χ0) is 28.4. The van der Waals surface area contributed by atoms with Crippen LogP contribution in [0.15, 0.2) is 65.8 Å². The molecule has 11 heteroatoms. The predicted octanol–water partition coefficient (Wildman–Crippen LogP) is 4.40. The summed E-state index contributed by atoms with van der Waals surface area (Å²) in [6.45, 7) is 4.06. The number of benzene rings is 3. The topological polar surface area (TPSA) is 118 Å². The minimum atomic E-state index is -0.912. The van der Waals surface area contributed by atoms with Crippen LogP contribution in [0.4, 0.5) is 10.1 Å². The largest absolute Gasteiger partial charge is 0.493 e. The van der Waals surface area contributed by atoms with Gasteiger partial charge in [-0.3, -0.25) is 14.4 Å². The molecule has 0 radical (unpaired) electrons. The molecule has 0 fully saturated rings. The van der Waals surface area contributed by atoms with Gasteiger partial charge < -0.3 is 20.1 Å². The van der Waals surface area contributed by atoms with E-state index < -0.39 is 23.5 Å². The van der Waals surface area contributed by atoms with Crippen molar-refractivity contribution in [1.29, 1.82) is 0 Å². The number of hydrazone groups is 1. The van der Waals surface area contributed by atoms with Gasteiger partial charge in [0.15, 0.2) is 18.1 Å². The fourth-order valence-electron chi connectivity index (χ4n) is 3.30. The molecule has 3 N–H and O–H groups in total. The number of ether oxygens (including phenoxy) is 2. The molecule has 9 nitrogen and oxygen atoms in total. The monoisotopic (exact) mass is 554 g/mol. The van der Waals surface area contributed by atoms with Crippen molar-refractivity contribution < 1.29 is 28.2 Å². The number of halogens is 2. The Hall–Kier alpha value is -4.44. The first-order chi connectivity index (χ1) is 18.7. The van der Waals surface area contributed by atoms with Gasteiger partial charge in [0.05, 0.1) is 18.3 Å². The lowest BCUT2D eigenvalue weighted by atomic mass is 10.0. The van der Waals surface area contributed by atoms with Crippen molar-refractivity contribution in [2.75, 3.05) is 19.0 Å². The number of methoxy groups -OCH3 is 1. The van der Waals surface area contributed by atoms with Gasteiger partial charge in [0, 0.05) is 12.2 Å². The van der Waals surface area contributed by atoms with Crippen molar-refractivity contribution >= 4 is 41.2 Å². The highest BCUT2D eigenvalue weighted by molar-refractivity contribution is 6.35. The van der Waals surface area contributed by atoms with Crippen LogP contribution in [0.5, 0.6) is 11.5 Å². The zero-order valence-electron chi connectivity index (χ0n) is 21.6. The Bertz CT molecular complexity index is 1360. The average molecular weight is 555 g/mol. The molecule has 3 aromatic rings. The van der Waals surface area contributed by atoms with Crippen molar-refractivity contribution in [3.8, 4) is 11.5 Å². The van der Waals surface area contributed by atoms with Crippen LogP contribution < -0.4 is 25.5 Å². The van der Waals surface area contributed by atoms with Crippen molar-refractivity contribution in [3.05, 3.63) is 88.2 Å². The Kier molecular flexibility index (Phi) is 10.4. The molecule has 0 saturated heterocycles. The van der Waals surface area contributed by atoms with Gasteiger partial charge in [-0.25, -0.2) is 9.82 Å². The highest BCUT2D eigenvalue weighted by atomic mass is 35.5. The number of anilines is 1.